The number of hydrogen-bond donors (Lipinski definition) is 1. The number of carbonyl (C=O) groups is 2. The van der Waals surface area contributed by atoms with Crippen molar-refractivity contribution < 1.29 is 22.7 Å². The van der Waals surface area contributed by atoms with Crippen LogP contribution in [0.5, 0.6) is 5.75 Å². The number of methoxy groups -OCH3 is 1. The van der Waals surface area contributed by atoms with E-state index in [4.69, 9.17) is 9.84 Å². The first-order chi connectivity index (χ1) is 25.7. The van der Waals surface area contributed by atoms with Crippen molar-refractivity contribution in [2.45, 2.75) is 97.0 Å². The number of nitrogens with one attached hydrogen (secondary N) is 1. The number of allylic oxidation sites excluding steroid dienone is 1. The molecule has 2 aromatic carbocycles. The van der Waals surface area contributed by atoms with Crippen molar-refractivity contribution in [3.8, 4) is 17.0 Å². The first kappa shape index (κ1) is 37.5. The van der Waals surface area contributed by atoms with Crippen LogP contribution in [-0.4, -0.2) is 82.9 Å². The zero-order valence-corrected chi connectivity index (χ0v) is 33.3. The monoisotopic (exact) mass is 752 g/mol. The highest BCUT2D eigenvalue weighted by atomic mass is 32.2. The zero-order valence-electron chi connectivity index (χ0n) is 32.5. The highest BCUT2D eigenvalue weighted by molar-refractivity contribution is 7.90. The molecule has 286 valence electrons. The maximum absolute atomic E-state index is 14.7. The summed E-state index contributed by atoms with van der Waals surface area (Å²) in [6, 6.07) is 11.8. The topological polar surface area (TPSA) is 119 Å². The molecule has 1 aliphatic carbocycles. The summed E-state index contributed by atoms with van der Waals surface area (Å²) >= 11 is 0. The summed E-state index contributed by atoms with van der Waals surface area (Å²) < 4.78 is 37.8. The lowest BCUT2D eigenvalue weighted by Gasteiger charge is -2.40. The lowest BCUT2D eigenvalue weighted by Crippen LogP contribution is -2.50. The summed E-state index contributed by atoms with van der Waals surface area (Å²) in [5, 5.41) is 5.21. The van der Waals surface area contributed by atoms with Crippen LogP contribution in [0, 0.1) is 6.92 Å². The van der Waals surface area contributed by atoms with Crippen molar-refractivity contribution in [1.82, 2.24) is 28.9 Å². The molecule has 0 bridgehead atoms. The first-order valence-electron chi connectivity index (χ1n) is 19.1. The lowest BCUT2D eigenvalue weighted by atomic mass is 9.81. The van der Waals surface area contributed by atoms with Crippen LogP contribution in [0.15, 0.2) is 48.7 Å². The lowest BCUT2D eigenvalue weighted by molar-refractivity contribution is 0.0655. The van der Waals surface area contributed by atoms with E-state index in [1.807, 2.05) is 48.7 Å². The molecule has 1 N–H and O–H groups in total. The Kier molecular flexibility index (Phi) is 10.0. The van der Waals surface area contributed by atoms with Crippen LogP contribution in [0.1, 0.15) is 109 Å². The number of carbonyl (C=O) groups excluding carboxylic acids is 2. The molecule has 0 radical (unpaired) electrons. The number of hydrogen-bond acceptors (Lipinski definition) is 7. The fraction of sp³-hybridized carbons (Fsp3) is 0.452. The van der Waals surface area contributed by atoms with Crippen molar-refractivity contribution in [3.63, 3.8) is 0 Å². The molecule has 4 aromatic rings. The van der Waals surface area contributed by atoms with E-state index in [0.717, 1.165) is 76.1 Å². The highest BCUT2D eigenvalue weighted by Crippen LogP contribution is 2.48. The normalized spacial score (nSPS) is 18.0. The average Bonchev–Trinajstić information content (AvgIpc) is 3.60. The van der Waals surface area contributed by atoms with Gasteiger partial charge in [0, 0.05) is 53.9 Å². The molecule has 12 heteroatoms. The zero-order chi connectivity index (χ0) is 38.6. The van der Waals surface area contributed by atoms with Gasteiger partial charge in [0.2, 0.25) is 10.0 Å². The second-order valence-electron chi connectivity index (χ2n) is 15.4. The SMILES string of the molecule is C=C1CN(C(=O)c2c(C)nn(CC)c2C2=Cc3cc(OC)ccc3-c3c(C4CCCCC4)c4ccc(C(=O)NS(=O)(=O)C(C)C)cc4n3C2)C[C@H](C)N1C. The molecule has 1 saturated heterocycles. The van der Waals surface area contributed by atoms with Crippen molar-refractivity contribution in [2.24, 2.45) is 0 Å². The van der Waals surface area contributed by atoms with E-state index in [0.29, 0.717) is 43.4 Å². The molecule has 4 heterocycles. The van der Waals surface area contributed by atoms with Crippen LogP contribution in [0.4, 0.5) is 0 Å². The molecule has 11 nitrogen and oxygen atoms in total. The molecule has 2 fully saturated rings. The molecule has 0 unspecified atom stereocenters. The number of aromatic nitrogens is 3. The van der Waals surface area contributed by atoms with Gasteiger partial charge in [-0.3, -0.25) is 14.3 Å². The van der Waals surface area contributed by atoms with Crippen LogP contribution < -0.4 is 9.46 Å². The summed E-state index contributed by atoms with van der Waals surface area (Å²) in [6.45, 7) is 15.3. The molecular formula is C42H52N6O5S. The maximum atomic E-state index is 14.7. The molecule has 1 atom stereocenters. The Morgan fingerprint density at radius 1 is 1.06 bits per heavy atom. The largest absolute Gasteiger partial charge is 0.497 e. The van der Waals surface area contributed by atoms with Crippen LogP contribution in [0.2, 0.25) is 0 Å². The predicted octanol–water partition coefficient (Wildman–Crippen LogP) is 7.20. The van der Waals surface area contributed by atoms with E-state index in [1.165, 1.54) is 12.0 Å². The number of aryl methyl sites for hydroxylation is 2. The van der Waals surface area contributed by atoms with Gasteiger partial charge < -0.3 is 19.1 Å². The number of sulfonamides is 1. The first-order valence-corrected chi connectivity index (χ1v) is 20.7. The van der Waals surface area contributed by atoms with Crippen LogP contribution in [-0.2, 0) is 23.1 Å². The minimum absolute atomic E-state index is 0.0786. The molecule has 7 rings (SSSR count). The predicted molar refractivity (Wildman–Crippen MR) is 214 cm³/mol. The van der Waals surface area contributed by atoms with E-state index in [1.54, 1.807) is 27.0 Å². The number of likely N-dealkylation sites (N-methyl/N-ethyl adjacent to an activating group) is 1. The van der Waals surface area contributed by atoms with E-state index in [9.17, 15) is 18.0 Å². The summed E-state index contributed by atoms with van der Waals surface area (Å²) in [7, 11) is -0.165. The Morgan fingerprint density at radius 3 is 2.46 bits per heavy atom. The molecule has 2 amide bonds. The van der Waals surface area contributed by atoms with Gasteiger partial charge in [0.25, 0.3) is 11.8 Å². The molecule has 2 aliphatic heterocycles. The number of fused-ring (bicyclic) bond motifs is 5. The summed E-state index contributed by atoms with van der Waals surface area (Å²) in [5.41, 5.74) is 9.21. The van der Waals surface area contributed by atoms with Gasteiger partial charge in [0.1, 0.15) is 5.75 Å². The molecule has 54 heavy (non-hydrogen) atoms. The molecule has 0 spiro atoms. The van der Waals surface area contributed by atoms with Gasteiger partial charge in [0.05, 0.1) is 48.1 Å². The van der Waals surface area contributed by atoms with Crippen molar-refractivity contribution >= 4 is 44.4 Å². The number of benzene rings is 2. The average molecular weight is 753 g/mol. The van der Waals surface area contributed by atoms with Gasteiger partial charge in [-0.2, -0.15) is 5.10 Å². The second kappa shape index (κ2) is 14.4. The van der Waals surface area contributed by atoms with Crippen molar-refractivity contribution in [1.29, 1.82) is 0 Å². The van der Waals surface area contributed by atoms with Gasteiger partial charge in [0.15, 0.2) is 0 Å². The van der Waals surface area contributed by atoms with Crippen LogP contribution in [0.25, 0.3) is 33.8 Å². The molecule has 3 aliphatic rings. The summed E-state index contributed by atoms with van der Waals surface area (Å²) in [5.74, 6) is 0.290. The summed E-state index contributed by atoms with van der Waals surface area (Å²) in [6.07, 6.45) is 7.76. The van der Waals surface area contributed by atoms with Crippen molar-refractivity contribution in [2.75, 3.05) is 27.2 Å². The Bertz CT molecular complexity index is 2310. The van der Waals surface area contributed by atoms with E-state index >= 15 is 0 Å². The number of rotatable bonds is 8. The minimum Gasteiger partial charge on any atom is -0.497 e. The third-order valence-electron chi connectivity index (χ3n) is 11.7. The Balaban J connectivity index is 1.46. The van der Waals surface area contributed by atoms with Crippen LogP contribution in [0.3, 0.4) is 0 Å². The van der Waals surface area contributed by atoms with Gasteiger partial charge in [-0.1, -0.05) is 31.9 Å². The van der Waals surface area contributed by atoms with Gasteiger partial charge in [-0.25, -0.2) is 13.1 Å². The summed E-state index contributed by atoms with van der Waals surface area (Å²) in [4.78, 5) is 32.2. The minimum atomic E-state index is -3.84. The Labute approximate surface area is 318 Å². The third kappa shape index (κ3) is 6.52. The number of ether oxygens (including phenoxy) is 1. The fourth-order valence-electron chi connectivity index (χ4n) is 8.49. The van der Waals surface area contributed by atoms with Gasteiger partial charge in [-0.05, 0) is 106 Å². The number of piperazine rings is 1. The Morgan fingerprint density at radius 2 is 1.80 bits per heavy atom. The molecule has 2 aromatic heterocycles. The highest BCUT2D eigenvalue weighted by Gasteiger charge is 2.35. The fourth-order valence-corrected chi connectivity index (χ4v) is 9.10. The number of nitrogens with zero attached hydrogens (tertiary/aromatic N) is 5. The van der Waals surface area contributed by atoms with E-state index < -0.39 is 21.2 Å². The van der Waals surface area contributed by atoms with Crippen molar-refractivity contribution in [3.05, 3.63) is 82.3 Å². The van der Waals surface area contributed by atoms with E-state index in [-0.39, 0.29) is 17.5 Å². The number of amides is 2. The third-order valence-corrected chi connectivity index (χ3v) is 13.4. The molecular weight excluding hydrogens is 701 g/mol. The standard InChI is InChI=1S/C42H52N6O5S/c1-9-48-39(37(28(6)43-48)42(50)46-22-26(4)45(7)27(5)23-46)32-19-31-20-33(53-8)16-18-34(31)40-38(29-13-11-10-12-14-29)35-17-15-30(21-36(35)47(40)24-32)41(49)44-54(51,52)25(2)3/h15-21,25,27,29H,4,9-14,22-24H2,1-3,5-8H3,(H,44,49)/t27-/m0/s1. The van der Waals surface area contributed by atoms with Gasteiger partial charge >= 0.3 is 0 Å². The maximum Gasteiger partial charge on any atom is 0.264 e. The smallest absolute Gasteiger partial charge is 0.264 e. The molecule has 1 saturated carbocycles. The quantitative estimate of drug-likeness (QED) is 0.202. The second-order valence-corrected chi connectivity index (χ2v) is 17.6. The van der Waals surface area contributed by atoms with E-state index in [2.05, 4.69) is 45.9 Å². The van der Waals surface area contributed by atoms with Crippen LogP contribution >= 0.6 is 0 Å². The van der Waals surface area contributed by atoms with Gasteiger partial charge in [-0.15, -0.1) is 0 Å². The Hall–Kier alpha value is -4.84.